The molecule has 0 aromatic rings. The summed E-state index contributed by atoms with van der Waals surface area (Å²) in [5, 5.41) is 95.8. The van der Waals surface area contributed by atoms with Gasteiger partial charge in [0, 0.05) is 12.3 Å². The van der Waals surface area contributed by atoms with E-state index >= 15 is 0 Å². The molecular formula is C45H70O18. The van der Waals surface area contributed by atoms with E-state index < -0.39 is 117 Å². The summed E-state index contributed by atoms with van der Waals surface area (Å²) >= 11 is 0. The maximum Gasteiger partial charge on any atom is 0.335 e. The fourth-order valence-corrected chi connectivity index (χ4v) is 14.0. The number of rotatable bonds is 8. The number of carbonyl (C=O) groups is 1. The van der Waals surface area contributed by atoms with Crippen LogP contribution in [-0.4, -0.2) is 175 Å². The molecule has 4 aliphatic carbocycles. The Morgan fingerprint density at radius 1 is 0.762 bits per heavy atom. The maximum atomic E-state index is 12.3. The summed E-state index contributed by atoms with van der Waals surface area (Å²) < 4.78 is 49.3. The lowest BCUT2D eigenvalue weighted by molar-refractivity contribution is -0.392. The van der Waals surface area contributed by atoms with E-state index in [1.807, 2.05) is 0 Å². The van der Waals surface area contributed by atoms with Crippen LogP contribution in [0.2, 0.25) is 0 Å². The zero-order chi connectivity index (χ0) is 45.1. The Labute approximate surface area is 367 Å². The number of ether oxygens (including phenoxy) is 8. The van der Waals surface area contributed by atoms with Crippen molar-refractivity contribution >= 4 is 5.97 Å². The van der Waals surface area contributed by atoms with Gasteiger partial charge in [-0.3, -0.25) is 0 Å². The summed E-state index contributed by atoms with van der Waals surface area (Å²) in [4.78, 5) is 12.3. The molecule has 0 bridgehead atoms. The van der Waals surface area contributed by atoms with Crippen LogP contribution in [0.5, 0.6) is 0 Å². The summed E-state index contributed by atoms with van der Waals surface area (Å²) in [6.07, 6.45) is -15.1. The van der Waals surface area contributed by atoms with Crippen molar-refractivity contribution in [3.8, 4) is 0 Å². The third kappa shape index (κ3) is 7.67. The molecule has 0 unspecified atom stereocenters. The van der Waals surface area contributed by atoms with Crippen molar-refractivity contribution in [1.29, 1.82) is 0 Å². The van der Waals surface area contributed by atoms with E-state index in [1.54, 1.807) is 0 Å². The molecule has 1 spiro atoms. The molecular weight excluding hydrogens is 828 g/mol. The van der Waals surface area contributed by atoms with Crippen LogP contribution >= 0.6 is 0 Å². The number of aliphatic carboxylic acids is 1. The van der Waals surface area contributed by atoms with E-state index in [2.05, 4.69) is 33.8 Å². The SMILES string of the molecule is C[C@@H]1CC[C@@]2(OC1)O[C@H]1C[C@H]3[C@@H]4CC=C5C[C@@H](O[C@@H]6O[C@H](C(=O)O)[C@@H](O)[C@H](O)[C@H]6O[C@@H]6O[C@H](CO)[C@H](O)[C@H](O)[C@H]6O[C@@H]6O[C@@H](C)[C@H](O)[C@@H](O)[C@H]6O)CC[C@]5(C)[C@H]4CC[C@]3(C)[C@H]1[C@@H]2C. The van der Waals surface area contributed by atoms with Crippen LogP contribution in [0.15, 0.2) is 11.6 Å². The van der Waals surface area contributed by atoms with E-state index in [1.165, 1.54) is 12.5 Å². The first-order valence-electron chi connectivity index (χ1n) is 23.4. The van der Waals surface area contributed by atoms with E-state index in [9.17, 15) is 50.8 Å². The number of aliphatic hydroxyl groups is 8. The smallest absolute Gasteiger partial charge is 0.335 e. The molecule has 63 heavy (non-hydrogen) atoms. The highest BCUT2D eigenvalue weighted by molar-refractivity contribution is 5.73. The minimum Gasteiger partial charge on any atom is -0.479 e. The molecule has 26 atom stereocenters. The Balaban J connectivity index is 0.918. The zero-order valence-corrected chi connectivity index (χ0v) is 36.8. The van der Waals surface area contributed by atoms with Gasteiger partial charge in [0.05, 0.1) is 31.5 Å². The van der Waals surface area contributed by atoms with Crippen molar-refractivity contribution in [2.45, 2.75) is 203 Å². The Morgan fingerprint density at radius 2 is 1.46 bits per heavy atom. The normalized spacial score (nSPS) is 56.8. The minimum atomic E-state index is -2.00. The van der Waals surface area contributed by atoms with Gasteiger partial charge in [0.15, 0.2) is 30.8 Å². The van der Waals surface area contributed by atoms with Crippen LogP contribution in [0.4, 0.5) is 0 Å². The largest absolute Gasteiger partial charge is 0.479 e. The molecule has 0 amide bonds. The Bertz CT molecular complexity index is 1690. The maximum absolute atomic E-state index is 12.3. The van der Waals surface area contributed by atoms with Gasteiger partial charge in [-0.25, -0.2) is 4.79 Å². The van der Waals surface area contributed by atoms with Crippen molar-refractivity contribution in [2.75, 3.05) is 13.2 Å². The van der Waals surface area contributed by atoms with E-state index in [0.717, 1.165) is 51.6 Å². The number of carboxylic acids is 1. The first-order valence-corrected chi connectivity index (χ1v) is 23.4. The second-order valence-electron chi connectivity index (χ2n) is 21.1. The molecule has 0 aromatic carbocycles. The first kappa shape index (κ1) is 46.7. The zero-order valence-electron chi connectivity index (χ0n) is 36.8. The van der Waals surface area contributed by atoms with Gasteiger partial charge in [-0.2, -0.15) is 0 Å². The highest BCUT2D eigenvalue weighted by Gasteiger charge is 2.69. The molecule has 9 rings (SSSR count). The molecule has 5 aliphatic heterocycles. The van der Waals surface area contributed by atoms with Crippen molar-refractivity contribution in [3.63, 3.8) is 0 Å². The number of hydrogen-bond acceptors (Lipinski definition) is 17. The minimum absolute atomic E-state index is 0.0929. The average Bonchev–Trinajstić information content (AvgIpc) is 3.70. The summed E-state index contributed by atoms with van der Waals surface area (Å²) in [6, 6.07) is 0. The number of aliphatic hydroxyl groups excluding tert-OH is 8. The molecule has 18 nitrogen and oxygen atoms in total. The lowest BCUT2D eigenvalue weighted by Gasteiger charge is -2.58. The lowest BCUT2D eigenvalue weighted by Crippen LogP contribution is -2.67. The van der Waals surface area contributed by atoms with Gasteiger partial charge in [-0.05, 0) is 98.7 Å². The number of allylic oxidation sites excluding steroid dienone is 1. The van der Waals surface area contributed by atoms with Crippen LogP contribution in [-0.2, 0) is 42.7 Å². The van der Waals surface area contributed by atoms with E-state index in [-0.39, 0.29) is 16.9 Å². The number of hydrogen-bond donors (Lipinski definition) is 9. The topological polar surface area (TPSA) is 273 Å². The van der Waals surface area contributed by atoms with Crippen LogP contribution in [0.25, 0.3) is 0 Å². The first-order chi connectivity index (χ1) is 29.8. The van der Waals surface area contributed by atoms with Gasteiger partial charge in [-0.15, -0.1) is 0 Å². The third-order valence-electron chi connectivity index (χ3n) is 17.7. The van der Waals surface area contributed by atoms with Gasteiger partial charge < -0.3 is 83.9 Å². The highest BCUT2D eigenvalue weighted by atomic mass is 16.8. The summed E-state index contributed by atoms with van der Waals surface area (Å²) in [7, 11) is 0. The quantitative estimate of drug-likeness (QED) is 0.148. The number of fused-ring (bicyclic) bond motifs is 7. The fraction of sp³-hybridized carbons (Fsp3) is 0.933. The molecule has 5 heterocycles. The molecule has 9 aliphatic rings. The molecule has 3 saturated carbocycles. The molecule has 5 saturated heterocycles. The van der Waals surface area contributed by atoms with Crippen LogP contribution in [0.1, 0.15) is 92.4 Å². The molecule has 0 aromatic heterocycles. The fourth-order valence-electron chi connectivity index (χ4n) is 14.0. The number of carboxylic acid groups (broad SMARTS) is 1. The van der Waals surface area contributed by atoms with Crippen molar-refractivity contribution in [3.05, 3.63) is 11.6 Å². The van der Waals surface area contributed by atoms with E-state index in [0.29, 0.717) is 48.3 Å². The third-order valence-corrected chi connectivity index (χ3v) is 17.7. The van der Waals surface area contributed by atoms with Crippen molar-refractivity contribution < 1.29 is 88.6 Å². The molecule has 358 valence electrons. The second kappa shape index (κ2) is 17.3. The monoisotopic (exact) mass is 898 g/mol. The van der Waals surface area contributed by atoms with Gasteiger partial charge >= 0.3 is 5.97 Å². The van der Waals surface area contributed by atoms with Gasteiger partial charge in [0.2, 0.25) is 0 Å². The average molecular weight is 899 g/mol. The van der Waals surface area contributed by atoms with E-state index in [4.69, 9.17) is 37.9 Å². The van der Waals surface area contributed by atoms with Gasteiger partial charge in [0.25, 0.3) is 0 Å². The Morgan fingerprint density at radius 3 is 2.14 bits per heavy atom. The molecule has 0 radical (unpaired) electrons. The second-order valence-corrected chi connectivity index (χ2v) is 21.1. The molecule has 9 N–H and O–H groups in total. The standard InChI is InChI=1S/C45H70O18/c1-18-8-13-45(56-17-18)19(2)28-26(63-45)15-25-23-7-6-21-14-22(9-11-43(21,4)24(23)10-12-44(25,28)5)58-41-38(34(52)33(51)36(60-41)39(54)55)62-42-37(32(50)30(48)27(16-46)59-42)61-40-35(53)31(49)29(47)20(3)57-40/h6,18-20,22-38,40-42,46-53H,7-17H2,1-5H3,(H,54,55)/t18-,19+,20+,22+,23-,24+,25+,26+,27-,28+,29+,30+,31-,32+,33+,34+,35-,36+,37-,38-,40+,41-,42+,43+,44+,45-/m1/s1. The van der Waals surface area contributed by atoms with Crippen molar-refractivity contribution in [1.82, 2.24) is 0 Å². The molecule has 8 fully saturated rings. The van der Waals surface area contributed by atoms with Crippen LogP contribution < -0.4 is 0 Å². The summed E-state index contributed by atoms with van der Waals surface area (Å²) in [5.74, 6) is 0.816. The Kier molecular flexibility index (Phi) is 12.8. The van der Waals surface area contributed by atoms with Gasteiger partial charge in [0.1, 0.15) is 61.0 Å². The Hall–Kier alpha value is -1.43. The van der Waals surface area contributed by atoms with Crippen LogP contribution in [0, 0.1) is 46.3 Å². The predicted octanol–water partition coefficient (Wildman–Crippen LogP) is 0.306. The summed E-state index contributed by atoms with van der Waals surface area (Å²) in [6.45, 7) is 10.9. The molecule has 18 heteroatoms. The van der Waals surface area contributed by atoms with Crippen LogP contribution in [0.3, 0.4) is 0 Å². The summed E-state index contributed by atoms with van der Waals surface area (Å²) in [5.41, 5.74) is 1.33. The predicted molar refractivity (Wildman–Crippen MR) is 215 cm³/mol. The lowest BCUT2D eigenvalue weighted by atomic mass is 9.47. The highest BCUT2D eigenvalue weighted by Crippen LogP contribution is 2.70. The van der Waals surface area contributed by atoms with Gasteiger partial charge in [-0.1, -0.05) is 39.3 Å². The van der Waals surface area contributed by atoms with Crippen molar-refractivity contribution in [2.24, 2.45) is 46.3 Å².